The second kappa shape index (κ2) is 10.4. The Morgan fingerprint density at radius 2 is 1.87 bits per heavy atom. The summed E-state index contributed by atoms with van der Waals surface area (Å²) >= 11 is 0. The van der Waals surface area contributed by atoms with E-state index in [1.165, 1.54) is 44.1 Å². The lowest BCUT2D eigenvalue weighted by atomic mass is 9.46. The Balaban J connectivity index is 1.27. The zero-order valence-electron chi connectivity index (χ0n) is 24.8. The number of ketones is 1. The van der Waals surface area contributed by atoms with E-state index in [2.05, 4.69) is 52.0 Å². The van der Waals surface area contributed by atoms with Crippen molar-refractivity contribution in [1.29, 1.82) is 0 Å². The minimum absolute atomic E-state index is 0.207. The first kappa shape index (κ1) is 27.9. The Kier molecular flexibility index (Phi) is 7.60. The number of rotatable bonds is 4. The summed E-state index contributed by atoms with van der Waals surface area (Å²) in [6.07, 6.45) is 14.0. The van der Waals surface area contributed by atoms with Crippen molar-refractivity contribution < 1.29 is 14.4 Å². The quantitative estimate of drug-likeness (QED) is 0.246. The van der Waals surface area contributed by atoms with Crippen LogP contribution in [0.4, 0.5) is 4.79 Å². The fourth-order valence-electron chi connectivity index (χ4n) is 9.39. The van der Waals surface area contributed by atoms with Crippen molar-refractivity contribution in [2.24, 2.45) is 39.7 Å². The molecule has 1 N–H and O–H groups in total. The molecule has 3 saturated carbocycles. The molecule has 0 aromatic rings. The maximum atomic E-state index is 13.3. The van der Waals surface area contributed by atoms with Crippen molar-refractivity contribution in [3.63, 3.8) is 0 Å². The van der Waals surface area contributed by atoms with Crippen LogP contribution in [0.25, 0.3) is 0 Å². The van der Waals surface area contributed by atoms with E-state index in [1.54, 1.807) is 0 Å². The lowest BCUT2D eigenvalue weighted by Crippen LogP contribution is -2.53. The van der Waals surface area contributed by atoms with Crippen molar-refractivity contribution in [1.82, 2.24) is 10.2 Å². The first-order valence-corrected chi connectivity index (χ1v) is 15.4. The molecule has 1 unspecified atom stereocenters. The Labute approximate surface area is 230 Å². The maximum Gasteiger partial charge on any atom is 0.436 e. The van der Waals surface area contributed by atoms with Gasteiger partial charge in [-0.1, -0.05) is 31.0 Å². The first-order valence-electron chi connectivity index (χ1n) is 15.4. The predicted molar refractivity (Wildman–Crippen MR) is 152 cm³/mol. The number of allylic oxidation sites excluding steroid dienone is 1. The number of hydrogen-bond donors (Lipinski definition) is 1. The van der Waals surface area contributed by atoms with Gasteiger partial charge in [-0.05, 0) is 127 Å². The summed E-state index contributed by atoms with van der Waals surface area (Å²) in [6, 6.07) is 0.320. The molecular weight excluding hydrogens is 474 g/mol. The van der Waals surface area contributed by atoms with Crippen molar-refractivity contribution in [3.8, 4) is 0 Å². The standard InChI is InChI=1S/C32H51N3O3/c1-21(34-38-29(37)35(30(2,3)4)20-23-9-7-8-18-33-23)26-12-13-27-25-11-10-22-19-24(36)14-16-31(22,5)28(25)15-17-32(26,27)6/h19,23,25-28,33H,7-18,20H2,1-6H3/b34-21+/t23?,25-,26+,27-,28-,31-,32+/m0/s1. The van der Waals surface area contributed by atoms with Crippen LogP contribution in [0.1, 0.15) is 112 Å². The largest absolute Gasteiger partial charge is 0.436 e. The van der Waals surface area contributed by atoms with E-state index >= 15 is 0 Å². The second-order valence-electron chi connectivity index (χ2n) is 14.7. The zero-order chi connectivity index (χ0) is 27.3. The van der Waals surface area contributed by atoms with Gasteiger partial charge >= 0.3 is 6.09 Å². The number of oxime groups is 1. The van der Waals surface area contributed by atoms with Crippen LogP contribution in [-0.4, -0.2) is 47.2 Å². The van der Waals surface area contributed by atoms with Crippen LogP contribution in [0.15, 0.2) is 16.8 Å². The van der Waals surface area contributed by atoms with E-state index in [1.807, 2.05) is 11.0 Å². The predicted octanol–water partition coefficient (Wildman–Crippen LogP) is 6.89. The normalized spacial score (nSPS) is 39.5. The average Bonchev–Trinajstić information content (AvgIpc) is 3.23. The summed E-state index contributed by atoms with van der Waals surface area (Å²) < 4.78 is 0. The van der Waals surface area contributed by atoms with Crippen LogP contribution >= 0.6 is 0 Å². The molecule has 0 aromatic carbocycles. The van der Waals surface area contributed by atoms with Gasteiger partial charge in [0, 0.05) is 30.5 Å². The molecule has 212 valence electrons. The van der Waals surface area contributed by atoms with Gasteiger partial charge in [-0.15, -0.1) is 0 Å². The van der Waals surface area contributed by atoms with Gasteiger partial charge in [0.25, 0.3) is 0 Å². The Morgan fingerprint density at radius 1 is 1.08 bits per heavy atom. The smallest absolute Gasteiger partial charge is 0.312 e. The molecule has 4 aliphatic carbocycles. The number of nitrogens with one attached hydrogen (secondary N) is 1. The highest BCUT2D eigenvalue weighted by Crippen LogP contribution is 2.66. The van der Waals surface area contributed by atoms with Crippen LogP contribution in [-0.2, 0) is 9.63 Å². The molecule has 1 amide bonds. The summed E-state index contributed by atoms with van der Waals surface area (Å²) in [5, 5.41) is 8.08. The number of amides is 1. The molecule has 0 aromatic heterocycles. The molecule has 38 heavy (non-hydrogen) atoms. The molecule has 6 nitrogen and oxygen atoms in total. The van der Waals surface area contributed by atoms with Crippen LogP contribution in [0, 0.1) is 34.5 Å². The molecule has 0 spiro atoms. The maximum absolute atomic E-state index is 13.3. The first-order chi connectivity index (χ1) is 17.9. The van der Waals surface area contributed by atoms with Gasteiger partial charge in [-0.25, -0.2) is 4.79 Å². The molecule has 5 aliphatic rings. The fraction of sp³-hybridized carbons (Fsp3) is 0.844. The second-order valence-corrected chi connectivity index (χ2v) is 14.7. The summed E-state index contributed by atoms with van der Waals surface area (Å²) in [5.74, 6) is 2.80. The molecule has 5 rings (SSSR count). The highest BCUT2D eigenvalue weighted by molar-refractivity contribution is 5.91. The summed E-state index contributed by atoms with van der Waals surface area (Å²) in [5.41, 5.74) is 2.51. The van der Waals surface area contributed by atoms with Gasteiger partial charge < -0.3 is 5.32 Å². The SMILES string of the molecule is C/C(=N\OC(=O)N(CC1CCCCN1)C(C)(C)C)[C@H]1CC[C@H]2[C@@H]3CCC4=CC(=O)CC[C@]4(C)[C@H]3CC[C@]12C. The molecule has 7 atom stereocenters. The van der Waals surface area contributed by atoms with Crippen LogP contribution < -0.4 is 5.32 Å². The monoisotopic (exact) mass is 525 g/mol. The van der Waals surface area contributed by atoms with Gasteiger partial charge in [0.1, 0.15) is 0 Å². The number of piperidine rings is 1. The number of carbonyl (C=O) groups excluding carboxylic acids is 2. The van der Waals surface area contributed by atoms with E-state index in [0.717, 1.165) is 43.9 Å². The minimum atomic E-state index is -0.334. The van der Waals surface area contributed by atoms with Crippen molar-refractivity contribution in [3.05, 3.63) is 11.6 Å². The Hall–Kier alpha value is -1.69. The van der Waals surface area contributed by atoms with Crippen LogP contribution in [0.3, 0.4) is 0 Å². The Morgan fingerprint density at radius 3 is 2.58 bits per heavy atom. The van der Waals surface area contributed by atoms with E-state index in [0.29, 0.717) is 42.5 Å². The van der Waals surface area contributed by atoms with Gasteiger partial charge in [-0.3, -0.25) is 14.5 Å². The van der Waals surface area contributed by atoms with E-state index in [9.17, 15) is 9.59 Å². The molecular formula is C32H51N3O3. The van der Waals surface area contributed by atoms with Crippen molar-refractivity contribution in [2.75, 3.05) is 13.1 Å². The lowest BCUT2D eigenvalue weighted by Gasteiger charge is -2.58. The molecule has 1 aliphatic heterocycles. The third kappa shape index (κ3) is 4.99. The third-order valence-electron chi connectivity index (χ3n) is 11.6. The average molecular weight is 526 g/mol. The highest BCUT2D eigenvalue weighted by atomic mass is 16.7. The number of fused-ring (bicyclic) bond motifs is 5. The number of hydrogen-bond acceptors (Lipinski definition) is 5. The zero-order valence-corrected chi connectivity index (χ0v) is 24.8. The van der Waals surface area contributed by atoms with E-state index < -0.39 is 0 Å². The minimum Gasteiger partial charge on any atom is -0.312 e. The molecule has 1 heterocycles. The molecule has 6 heteroatoms. The van der Waals surface area contributed by atoms with E-state index in [4.69, 9.17) is 4.84 Å². The van der Waals surface area contributed by atoms with Crippen LogP contribution in [0.5, 0.6) is 0 Å². The summed E-state index contributed by atoms with van der Waals surface area (Å²) in [4.78, 5) is 32.9. The van der Waals surface area contributed by atoms with Crippen LogP contribution in [0.2, 0.25) is 0 Å². The third-order valence-corrected chi connectivity index (χ3v) is 11.6. The molecule has 4 fully saturated rings. The van der Waals surface area contributed by atoms with Crippen molar-refractivity contribution >= 4 is 17.6 Å². The lowest BCUT2D eigenvalue weighted by molar-refractivity contribution is -0.117. The number of carbonyl (C=O) groups is 2. The van der Waals surface area contributed by atoms with Gasteiger partial charge in [0.15, 0.2) is 5.78 Å². The highest BCUT2D eigenvalue weighted by Gasteiger charge is 2.59. The Bertz CT molecular complexity index is 990. The van der Waals surface area contributed by atoms with Crippen molar-refractivity contribution in [2.45, 2.75) is 124 Å². The van der Waals surface area contributed by atoms with E-state index in [-0.39, 0.29) is 22.5 Å². The van der Waals surface area contributed by atoms with Gasteiger partial charge in [0.2, 0.25) is 0 Å². The molecule has 0 radical (unpaired) electrons. The summed E-state index contributed by atoms with van der Waals surface area (Å²) in [6.45, 7) is 14.9. The number of nitrogens with zero attached hydrogens (tertiary/aromatic N) is 2. The topological polar surface area (TPSA) is 71.0 Å². The fourth-order valence-corrected chi connectivity index (χ4v) is 9.39. The summed E-state index contributed by atoms with van der Waals surface area (Å²) in [7, 11) is 0. The van der Waals surface area contributed by atoms with Gasteiger partial charge in [-0.2, -0.15) is 0 Å². The molecule has 0 bridgehead atoms. The van der Waals surface area contributed by atoms with Gasteiger partial charge in [0.05, 0.1) is 5.71 Å². The molecule has 1 saturated heterocycles.